The summed E-state index contributed by atoms with van der Waals surface area (Å²) in [7, 11) is 0. The zero-order valence-corrected chi connectivity index (χ0v) is 12.7. The molecule has 0 aliphatic rings. The van der Waals surface area contributed by atoms with Crippen LogP contribution in [0.15, 0.2) is 52.0 Å². The molecule has 0 atom stereocenters. The first-order valence-electron chi connectivity index (χ1n) is 6.71. The normalized spacial score (nSPS) is 11.6. The van der Waals surface area contributed by atoms with E-state index in [2.05, 4.69) is 0 Å². The highest BCUT2D eigenvalue weighted by atomic mass is 32.1. The number of allylic oxidation sites excluding steroid dienone is 1. The van der Waals surface area contributed by atoms with Crippen molar-refractivity contribution < 1.29 is 9.21 Å². The van der Waals surface area contributed by atoms with Crippen molar-refractivity contribution in [3.8, 4) is 0 Å². The van der Waals surface area contributed by atoms with Gasteiger partial charge in [0.1, 0.15) is 5.76 Å². The van der Waals surface area contributed by atoms with Gasteiger partial charge in [-0.2, -0.15) is 0 Å². The van der Waals surface area contributed by atoms with Gasteiger partial charge in [0.25, 0.3) is 0 Å². The van der Waals surface area contributed by atoms with Crippen LogP contribution in [0.4, 0.5) is 0 Å². The Bertz CT molecular complexity index is 519. The van der Waals surface area contributed by atoms with Crippen molar-refractivity contribution >= 4 is 17.2 Å². The van der Waals surface area contributed by atoms with Crippen LogP contribution < -0.4 is 0 Å². The summed E-state index contributed by atoms with van der Waals surface area (Å²) in [5.41, 5.74) is 0.788. The first-order chi connectivity index (χ1) is 9.70. The Morgan fingerprint density at radius 2 is 2.20 bits per heavy atom. The van der Waals surface area contributed by atoms with Gasteiger partial charge in [-0.25, -0.2) is 0 Å². The minimum atomic E-state index is 0.0663. The van der Waals surface area contributed by atoms with Crippen molar-refractivity contribution in [2.45, 2.75) is 33.4 Å². The fourth-order valence-corrected chi connectivity index (χ4v) is 2.74. The molecule has 0 aliphatic carbocycles. The van der Waals surface area contributed by atoms with E-state index < -0.39 is 0 Å². The summed E-state index contributed by atoms with van der Waals surface area (Å²) in [5, 5.41) is 2.03. The highest BCUT2D eigenvalue weighted by Crippen LogP contribution is 2.17. The molecule has 1 amide bonds. The van der Waals surface area contributed by atoms with E-state index in [-0.39, 0.29) is 5.91 Å². The molecule has 0 N–H and O–H groups in total. The van der Waals surface area contributed by atoms with E-state index in [9.17, 15) is 4.79 Å². The molecular weight excluding hydrogens is 270 g/mol. The molecular formula is C16H19NO2S. The Morgan fingerprint density at radius 3 is 2.80 bits per heavy atom. The van der Waals surface area contributed by atoms with E-state index in [0.29, 0.717) is 13.1 Å². The number of carbonyl (C=O) groups excluding carboxylic acids is 1. The Labute approximate surface area is 123 Å². The largest absolute Gasteiger partial charge is 0.467 e. The summed E-state index contributed by atoms with van der Waals surface area (Å²) < 4.78 is 5.36. The van der Waals surface area contributed by atoms with Gasteiger partial charge >= 0.3 is 0 Å². The van der Waals surface area contributed by atoms with Crippen molar-refractivity contribution in [1.29, 1.82) is 0 Å². The fourth-order valence-electron chi connectivity index (χ4n) is 2.02. The second-order valence-electron chi connectivity index (χ2n) is 4.62. The van der Waals surface area contributed by atoms with E-state index in [0.717, 1.165) is 17.8 Å². The molecule has 3 nitrogen and oxygen atoms in total. The van der Waals surface area contributed by atoms with E-state index in [1.165, 1.54) is 4.88 Å². The lowest BCUT2D eigenvalue weighted by atomic mass is 10.2. The molecule has 0 radical (unpaired) electrons. The smallest absolute Gasteiger partial charge is 0.249 e. The molecule has 106 valence electrons. The lowest BCUT2D eigenvalue weighted by molar-refractivity contribution is -0.128. The summed E-state index contributed by atoms with van der Waals surface area (Å²) in [5.74, 6) is 0.871. The van der Waals surface area contributed by atoms with Crippen molar-refractivity contribution in [1.82, 2.24) is 4.90 Å². The van der Waals surface area contributed by atoms with Gasteiger partial charge in [-0.05, 0) is 36.9 Å². The predicted molar refractivity (Wildman–Crippen MR) is 81.3 cm³/mol. The van der Waals surface area contributed by atoms with Crippen LogP contribution in [0.5, 0.6) is 0 Å². The maximum absolute atomic E-state index is 12.5. The Hall–Kier alpha value is -1.81. The third kappa shape index (κ3) is 3.84. The monoisotopic (exact) mass is 289 g/mol. The molecule has 0 fully saturated rings. The molecule has 0 saturated carbocycles. The van der Waals surface area contributed by atoms with Gasteiger partial charge in [-0.3, -0.25) is 4.79 Å². The van der Waals surface area contributed by atoms with Crippen LogP contribution in [0.2, 0.25) is 0 Å². The molecule has 0 aliphatic heterocycles. The number of thiophene rings is 1. The van der Waals surface area contributed by atoms with Crippen LogP contribution >= 0.6 is 11.3 Å². The molecule has 4 heteroatoms. The number of nitrogens with zero attached hydrogens (tertiary/aromatic N) is 1. The van der Waals surface area contributed by atoms with E-state index >= 15 is 0 Å². The van der Waals surface area contributed by atoms with Gasteiger partial charge in [-0.15, -0.1) is 11.3 Å². The lowest BCUT2D eigenvalue weighted by Gasteiger charge is -2.21. The van der Waals surface area contributed by atoms with E-state index in [4.69, 9.17) is 4.42 Å². The van der Waals surface area contributed by atoms with Crippen LogP contribution in [0.1, 0.15) is 30.9 Å². The second kappa shape index (κ2) is 7.10. The third-order valence-corrected chi connectivity index (χ3v) is 3.85. The van der Waals surface area contributed by atoms with Gasteiger partial charge in [0.15, 0.2) is 0 Å². The lowest BCUT2D eigenvalue weighted by Crippen LogP contribution is -2.30. The van der Waals surface area contributed by atoms with Crippen LogP contribution in [-0.4, -0.2) is 10.8 Å². The zero-order valence-electron chi connectivity index (χ0n) is 11.8. The molecule has 2 aromatic heterocycles. The van der Waals surface area contributed by atoms with Crippen molar-refractivity contribution in [3.63, 3.8) is 0 Å². The number of rotatable bonds is 6. The number of carbonyl (C=O) groups is 1. The van der Waals surface area contributed by atoms with E-state index in [1.807, 2.05) is 54.5 Å². The SMILES string of the molecule is CC/C=C(/C)C(=O)N(Cc1ccco1)Cc1cccs1. The molecule has 2 rings (SSSR count). The Morgan fingerprint density at radius 1 is 1.35 bits per heavy atom. The average Bonchev–Trinajstić information content (AvgIpc) is 3.10. The number of hydrogen-bond acceptors (Lipinski definition) is 3. The van der Waals surface area contributed by atoms with Gasteiger partial charge in [-0.1, -0.05) is 19.1 Å². The number of furan rings is 1. The topological polar surface area (TPSA) is 33.5 Å². The molecule has 0 aromatic carbocycles. The van der Waals surface area contributed by atoms with Crippen LogP contribution in [-0.2, 0) is 17.9 Å². The maximum Gasteiger partial charge on any atom is 0.249 e. The highest BCUT2D eigenvalue weighted by molar-refractivity contribution is 7.09. The maximum atomic E-state index is 12.5. The van der Waals surface area contributed by atoms with Gasteiger partial charge in [0.2, 0.25) is 5.91 Å². The molecule has 0 spiro atoms. The summed E-state index contributed by atoms with van der Waals surface area (Å²) in [4.78, 5) is 15.5. The summed E-state index contributed by atoms with van der Waals surface area (Å²) in [6, 6.07) is 7.79. The van der Waals surface area contributed by atoms with Gasteiger partial charge < -0.3 is 9.32 Å². The zero-order chi connectivity index (χ0) is 14.4. The molecule has 20 heavy (non-hydrogen) atoms. The van der Waals surface area contributed by atoms with Crippen molar-refractivity contribution in [2.24, 2.45) is 0 Å². The third-order valence-electron chi connectivity index (χ3n) is 2.99. The van der Waals surface area contributed by atoms with Gasteiger partial charge in [0.05, 0.1) is 19.4 Å². The fraction of sp³-hybridized carbons (Fsp3) is 0.312. The Balaban J connectivity index is 2.14. The van der Waals surface area contributed by atoms with Crippen LogP contribution in [0.3, 0.4) is 0 Å². The quantitative estimate of drug-likeness (QED) is 0.746. The first kappa shape index (κ1) is 14.6. The average molecular weight is 289 g/mol. The molecule has 2 aromatic rings. The van der Waals surface area contributed by atoms with Crippen LogP contribution in [0, 0.1) is 0 Å². The minimum absolute atomic E-state index is 0.0663. The summed E-state index contributed by atoms with van der Waals surface area (Å²) in [6.07, 6.45) is 4.47. The second-order valence-corrected chi connectivity index (χ2v) is 5.65. The molecule has 0 bridgehead atoms. The van der Waals surface area contributed by atoms with Crippen molar-refractivity contribution in [2.75, 3.05) is 0 Å². The summed E-state index contributed by atoms with van der Waals surface area (Å²) in [6.45, 7) is 5.02. The summed E-state index contributed by atoms with van der Waals surface area (Å²) >= 11 is 1.66. The molecule has 2 heterocycles. The molecule has 0 unspecified atom stereocenters. The highest BCUT2D eigenvalue weighted by Gasteiger charge is 2.17. The van der Waals surface area contributed by atoms with Crippen LogP contribution in [0.25, 0.3) is 0 Å². The molecule has 0 saturated heterocycles. The number of amides is 1. The number of hydrogen-bond donors (Lipinski definition) is 0. The first-order valence-corrected chi connectivity index (χ1v) is 7.59. The predicted octanol–water partition coefficient (Wildman–Crippen LogP) is 4.23. The van der Waals surface area contributed by atoms with E-state index in [1.54, 1.807) is 17.6 Å². The van der Waals surface area contributed by atoms with Gasteiger partial charge in [0, 0.05) is 10.5 Å². The van der Waals surface area contributed by atoms with Crippen molar-refractivity contribution in [3.05, 3.63) is 58.2 Å². The standard InChI is InChI=1S/C16H19NO2S/c1-3-6-13(2)16(18)17(11-14-7-4-9-19-14)12-15-8-5-10-20-15/h4-10H,3,11-12H2,1-2H3/b13-6-. The Kier molecular flexibility index (Phi) is 5.18. The minimum Gasteiger partial charge on any atom is -0.467 e.